The molecule has 0 saturated carbocycles. The van der Waals surface area contributed by atoms with Crippen LogP contribution >= 0.6 is 0 Å². The third kappa shape index (κ3) is 5.59. The molecule has 0 unspecified atom stereocenters. The molecule has 0 saturated heterocycles. The number of allylic oxidation sites excluding steroid dienone is 6. The average Bonchev–Trinajstić information content (AvgIpc) is 2.96. The van der Waals surface area contributed by atoms with E-state index in [1.165, 1.54) is 43.3 Å². The first-order valence-corrected chi connectivity index (χ1v) is 11.7. The fourth-order valence-corrected chi connectivity index (χ4v) is 3.98. The molecule has 176 valence electrons. The highest BCUT2D eigenvalue weighted by Crippen LogP contribution is 2.42. The number of benzene rings is 1. The van der Waals surface area contributed by atoms with Crippen molar-refractivity contribution in [2.45, 2.75) is 31.0 Å². The lowest BCUT2D eigenvalue weighted by Gasteiger charge is -2.14. The van der Waals surface area contributed by atoms with Crippen molar-refractivity contribution in [1.29, 1.82) is 0 Å². The van der Waals surface area contributed by atoms with Gasteiger partial charge in [-0.15, -0.1) is 0 Å². The summed E-state index contributed by atoms with van der Waals surface area (Å²) in [5, 5.41) is 4.05. The molecule has 1 aliphatic rings. The van der Waals surface area contributed by atoms with Crippen molar-refractivity contribution in [2.75, 3.05) is 12.9 Å². The Morgan fingerprint density at radius 1 is 1.18 bits per heavy atom. The molecule has 1 aromatic carbocycles. The van der Waals surface area contributed by atoms with E-state index in [4.69, 9.17) is 4.74 Å². The quantitative estimate of drug-likeness (QED) is 0.438. The third-order valence-electron chi connectivity index (χ3n) is 4.74. The number of hydrogen-bond donors (Lipinski definition) is 0. The first-order valence-electron chi connectivity index (χ1n) is 9.79. The zero-order valence-electron chi connectivity index (χ0n) is 17.7. The van der Waals surface area contributed by atoms with Crippen LogP contribution < -0.4 is 0 Å². The molecule has 2 aromatic rings. The molecule has 1 heterocycles. The van der Waals surface area contributed by atoms with Gasteiger partial charge in [-0.1, -0.05) is 24.3 Å². The molecule has 1 aromatic heterocycles. The minimum Gasteiger partial charge on any atom is -0.465 e. The van der Waals surface area contributed by atoms with Gasteiger partial charge in [0.2, 0.25) is 0 Å². The molecule has 1 aliphatic carbocycles. The Bertz CT molecular complexity index is 1250. The molecule has 0 aliphatic heterocycles. The highest BCUT2D eigenvalue weighted by atomic mass is 32.2. The number of hydrogen-bond acceptors (Lipinski definition) is 5. The van der Waals surface area contributed by atoms with Gasteiger partial charge in [-0.2, -0.15) is 18.3 Å². The maximum Gasteiger partial charge on any atom is 0.433 e. The number of carbonyl (C=O) groups excluding carboxylic acids is 1. The van der Waals surface area contributed by atoms with Gasteiger partial charge in [-0.3, -0.25) is 4.79 Å². The smallest absolute Gasteiger partial charge is 0.433 e. The summed E-state index contributed by atoms with van der Waals surface area (Å²) in [6.07, 6.45) is 0.867. The van der Waals surface area contributed by atoms with Crippen molar-refractivity contribution in [1.82, 2.24) is 9.78 Å². The van der Waals surface area contributed by atoms with Crippen LogP contribution in [0, 0.1) is 0 Å². The normalized spacial score (nSPS) is 14.5. The molecule has 0 atom stereocenters. The van der Waals surface area contributed by atoms with Crippen LogP contribution in [0.4, 0.5) is 17.6 Å². The summed E-state index contributed by atoms with van der Waals surface area (Å²) in [7, 11) is -3.53. The molecule has 0 spiro atoms. The lowest BCUT2D eigenvalue weighted by atomic mass is 9.96. The number of nitrogens with zero attached hydrogens (tertiary/aromatic N) is 2. The van der Waals surface area contributed by atoms with Crippen LogP contribution in [0.15, 0.2) is 59.3 Å². The molecule has 33 heavy (non-hydrogen) atoms. The number of esters is 1. The summed E-state index contributed by atoms with van der Waals surface area (Å²) in [6.45, 7) is 0.716. The van der Waals surface area contributed by atoms with Gasteiger partial charge < -0.3 is 4.74 Å². The van der Waals surface area contributed by atoms with E-state index in [1.54, 1.807) is 0 Å². The van der Waals surface area contributed by atoms with E-state index in [1.807, 2.05) is 0 Å². The largest absolute Gasteiger partial charge is 0.465 e. The minimum absolute atomic E-state index is 0.0172. The topological polar surface area (TPSA) is 78.3 Å². The molecule has 0 amide bonds. The SMILES string of the molecule is CCOC(=O)Cn1nc(-c2ccc(S(C)(=O)=O)cc2)c(C2=CC=C(F)C=CC2)c1C(F)(F)F. The predicted octanol–water partition coefficient (Wildman–Crippen LogP) is 4.73. The summed E-state index contributed by atoms with van der Waals surface area (Å²) >= 11 is 0. The number of carbonyl (C=O) groups is 1. The zero-order valence-corrected chi connectivity index (χ0v) is 18.5. The van der Waals surface area contributed by atoms with Crippen molar-refractivity contribution in [3.05, 3.63) is 65.7 Å². The van der Waals surface area contributed by atoms with Gasteiger partial charge in [0.15, 0.2) is 15.5 Å². The molecule has 0 fully saturated rings. The number of rotatable bonds is 6. The summed E-state index contributed by atoms with van der Waals surface area (Å²) < 4.78 is 85.1. The lowest BCUT2D eigenvalue weighted by molar-refractivity contribution is -0.149. The van der Waals surface area contributed by atoms with Crippen molar-refractivity contribution in [3.8, 4) is 11.3 Å². The van der Waals surface area contributed by atoms with E-state index in [0.29, 0.717) is 4.68 Å². The van der Waals surface area contributed by atoms with Crippen molar-refractivity contribution >= 4 is 21.4 Å². The van der Waals surface area contributed by atoms with Crippen LogP contribution in [0.2, 0.25) is 0 Å². The van der Waals surface area contributed by atoms with Crippen molar-refractivity contribution in [2.24, 2.45) is 0 Å². The van der Waals surface area contributed by atoms with Gasteiger partial charge in [-0.05, 0) is 43.2 Å². The van der Waals surface area contributed by atoms with Gasteiger partial charge in [0, 0.05) is 17.4 Å². The zero-order chi connectivity index (χ0) is 24.4. The van der Waals surface area contributed by atoms with Gasteiger partial charge in [0.05, 0.1) is 11.5 Å². The van der Waals surface area contributed by atoms with Crippen LogP contribution in [0.1, 0.15) is 24.6 Å². The summed E-state index contributed by atoms with van der Waals surface area (Å²) in [4.78, 5) is 12.0. The number of halogens is 4. The molecule has 3 rings (SSSR count). The molecule has 0 radical (unpaired) electrons. The Labute approximate surface area is 187 Å². The van der Waals surface area contributed by atoms with E-state index in [-0.39, 0.29) is 40.3 Å². The highest BCUT2D eigenvalue weighted by Gasteiger charge is 2.41. The van der Waals surface area contributed by atoms with Crippen LogP contribution in [-0.2, 0) is 32.1 Å². The fourth-order valence-electron chi connectivity index (χ4n) is 3.35. The Balaban J connectivity index is 2.28. The van der Waals surface area contributed by atoms with Crippen LogP contribution in [0.3, 0.4) is 0 Å². The molecule has 0 N–H and O–H groups in total. The van der Waals surface area contributed by atoms with Gasteiger partial charge >= 0.3 is 12.1 Å². The third-order valence-corrected chi connectivity index (χ3v) is 5.87. The van der Waals surface area contributed by atoms with Crippen LogP contribution in [0.25, 0.3) is 16.8 Å². The molecular weight excluding hydrogens is 464 g/mol. The molecule has 0 bridgehead atoms. The van der Waals surface area contributed by atoms with E-state index >= 15 is 0 Å². The lowest BCUT2D eigenvalue weighted by Crippen LogP contribution is -2.21. The van der Waals surface area contributed by atoms with Gasteiger partial charge in [0.1, 0.15) is 18.1 Å². The minimum atomic E-state index is -4.90. The Hall–Kier alpha value is -3.21. The summed E-state index contributed by atoms with van der Waals surface area (Å²) in [6, 6.07) is 5.18. The predicted molar refractivity (Wildman–Crippen MR) is 113 cm³/mol. The summed E-state index contributed by atoms with van der Waals surface area (Å²) in [5.41, 5.74) is -1.31. The average molecular weight is 484 g/mol. The van der Waals surface area contributed by atoms with E-state index in [0.717, 1.165) is 18.4 Å². The monoisotopic (exact) mass is 484 g/mol. The van der Waals surface area contributed by atoms with Crippen LogP contribution in [0.5, 0.6) is 0 Å². The van der Waals surface area contributed by atoms with E-state index in [9.17, 15) is 30.8 Å². The van der Waals surface area contributed by atoms with Crippen LogP contribution in [-0.4, -0.2) is 37.0 Å². The van der Waals surface area contributed by atoms with Gasteiger partial charge in [-0.25, -0.2) is 17.5 Å². The Morgan fingerprint density at radius 3 is 2.42 bits per heavy atom. The van der Waals surface area contributed by atoms with Gasteiger partial charge in [0.25, 0.3) is 0 Å². The van der Waals surface area contributed by atoms with Crippen molar-refractivity contribution < 1.29 is 35.5 Å². The molecule has 6 nitrogen and oxygen atoms in total. The standard InChI is InChI=1S/C22H20F4N2O4S/c1-3-32-18(29)13-28-21(22(24,25)26)19(14-5-4-6-16(23)10-7-14)20(27-28)15-8-11-17(12-9-15)33(2,30)31/h4,6-12H,3,5,13H2,1-2H3. The number of ether oxygens (including phenoxy) is 1. The second-order valence-electron chi connectivity index (χ2n) is 7.18. The van der Waals surface area contributed by atoms with Crippen molar-refractivity contribution in [3.63, 3.8) is 0 Å². The second-order valence-corrected chi connectivity index (χ2v) is 9.19. The first kappa shape index (κ1) is 24.4. The maximum atomic E-state index is 14.2. The number of aromatic nitrogens is 2. The molecular formula is C22H20F4N2O4S. The maximum absolute atomic E-state index is 14.2. The fraction of sp³-hybridized carbons (Fsp3) is 0.273. The second kappa shape index (κ2) is 9.34. The first-order chi connectivity index (χ1) is 15.4. The molecule has 11 heteroatoms. The highest BCUT2D eigenvalue weighted by molar-refractivity contribution is 7.90. The Kier molecular flexibility index (Phi) is 6.92. The Morgan fingerprint density at radius 2 is 1.85 bits per heavy atom. The summed E-state index contributed by atoms with van der Waals surface area (Å²) in [5.74, 6) is -1.53. The number of sulfone groups is 1. The number of alkyl halides is 3. The van der Waals surface area contributed by atoms with E-state index in [2.05, 4.69) is 5.10 Å². The van der Waals surface area contributed by atoms with E-state index < -0.39 is 40.0 Å².